The number of methoxy groups -OCH3 is 1. The van der Waals surface area contributed by atoms with Crippen LogP contribution in [0.15, 0.2) is 54.6 Å². The van der Waals surface area contributed by atoms with Gasteiger partial charge in [-0.05, 0) is 80.5 Å². The second kappa shape index (κ2) is 10.0. The van der Waals surface area contributed by atoms with Crippen LogP contribution in [0.5, 0.6) is 17.2 Å². The maximum absolute atomic E-state index is 5.91. The van der Waals surface area contributed by atoms with Crippen molar-refractivity contribution >= 4 is 17.3 Å². The molecule has 2 aliphatic heterocycles. The summed E-state index contributed by atoms with van der Waals surface area (Å²) >= 11 is 0. The second-order valence-corrected chi connectivity index (χ2v) is 8.94. The molecule has 2 aromatic carbocycles. The number of nitrogens with zero attached hydrogens (tertiary/aromatic N) is 4. The number of ether oxygens (including phenoxy) is 4. The van der Waals surface area contributed by atoms with Gasteiger partial charge in [0.1, 0.15) is 29.5 Å². The number of hydrogen-bond donors (Lipinski definition) is 1. The summed E-state index contributed by atoms with van der Waals surface area (Å²) < 4.78 is 24.4. The Balaban J connectivity index is 1.21. The molecule has 186 valence electrons. The van der Waals surface area contributed by atoms with Gasteiger partial charge in [0.25, 0.3) is 0 Å². The summed E-state index contributed by atoms with van der Waals surface area (Å²) in [7, 11) is 1.65. The van der Waals surface area contributed by atoms with E-state index in [1.54, 1.807) is 11.6 Å². The van der Waals surface area contributed by atoms with E-state index in [9.17, 15) is 0 Å². The van der Waals surface area contributed by atoms with E-state index in [-0.39, 0.29) is 6.79 Å². The third kappa shape index (κ3) is 4.67. The highest BCUT2D eigenvalue weighted by Gasteiger charge is 2.18. The lowest BCUT2D eigenvalue weighted by molar-refractivity contribution is -0.0163. The standard InChI is InChI=1S/C27H29N5O4/c1-33-24-10-11-25-29-27(28-21-5-7-22(8-6-21)35-15-14-31-12-2-3-13-31)30-32(25)26(24)19-4-9-23-20(16-19)17-34-18-36-23/h4-11,16H,2-3,12-15,17-18H2,1H3,(H,28,30). The topological polar surface area (TPSA) is 82.4 Å². The van der Waals surface area contributed by atoms with Crippen LogP contribution in [0.1, 0.15) is 18.4 Å². The van der Waals surface area contributed by atoms with Gasteiger partial charge in [-0.15, -0.1) is 5.10 Å². The molecule has 1 N–H and O–H groups in total. The first-order chi connectivity index (χ1) is 17.8. The van der Waals surface area contributed by atoms with Gasteiger partial charge in [-0.2, -0.15) is 4.98 Å². The Morgan fingerprint density at radius 3 is 2.72 bits per heavy atom. The highest BCUT2D eigenvalue weighted by Crippen LogP contribution is 2.35. The summed E-state index contributed by atoms with van der Waals surface area (Å²) in [6.45, 7) is 4.81. The molecule has 9 nitrogen and oxygen atoms in total. The van der Waals surface area contributed by atoms with Crippen LogP contribution in [0, 0.1) is 0 Å². The molecule has 4 aromatic rings. The molecule has 0 bridgehead atoms. The molecule has 1 fully saturated rings. The molecule has 4 heterocycles. The SMILES string of the molecule is COc1ccc2nc(Nc3ccc(OCCN4CCCC4)cc3)nn2c1-c1ccc2c(c1)COCO2. The molecular formula is C27H29N5O4. The zero-order valence-corrected chi connectivity index (χ0v) is 20.3. The van der Waals surface area contributed by atoms with Crippen molar-refractivity contribution in [3.05, 3.63) is 60.2 Å². The number of aromatic nitrogens is 3. The fourth-order valence-electron chi connectivity index (χ4n) is 4.71. The molecule has 2 aliphatic rings. The molecule has 0 atom stereocenters. The van der Waals surface area contributed by atoms with Gasteiger partial charge in [0.05, 0.1) is 13.7 Å². The quantitative estimate of drug-likeness (QED) is 0.389. The van der Waals surface area contributed by atoms with Crippen molar-refractivity contribution in [1.82, 2.24) is 19.5 Å². The van der Waals surface area contributed by atoms with E-state index in [4.69, 9.17) is 24.0 Å². The molecule has 1 saturated heterocycles. The number of nitrogens with one attached hydrogen (secondary N) is 1. The lowest BCUT2D eigenvalue weighted by atomic mass is 10.1. The van der Waals surface area contributed by atoms with E-state index in [2.05, 4.69) is 15.2 Å². The highest BCUT2D eigenvalue weighted by atomic mass is 16.7. The molecule has 36 heavy (non-hydrogen) atoms. The summed E-state index contributed by atoms with van der Waals surface area (Å²) in [6.07, 6.45) is 2.59. The normalized spacial score (nSPS) is 15.5. The van der Waals surface area contributed by atoms with Crippen molar-refractivity contribution < 1.29 is 18.9 Å². The number of rotatable bonds is 8. The van der Waals surface area contributed by atoms with Gasteiger partial charge in [-0.1, -0.05) is 0 Å². The highest BCUT2D eigenvalue weighted by molar-refractivity contribution is 5.72. The Labute approximate surface area is 209 Å². The van der Waals surface area contributed by atoms with Gasteiger partial charge >= 0.3 is 0 Å². The molecule has 0 spiro atoms. The molecule has 0 aliphatic carbocycles. The molecule has 9 heteroatoms. The number of pyridine rings is 1. The van der Waals surface area contributed by atoms with E-state index in [1.165, 1.54) is 25.9 Å². The van der Waals surface area contributed by atoms with Crippen LogP contribution in [0.25, 0.3) is 16.9 Å². The molecule has 0 saturated carbocycles. The minimum Gasteiger partial charge on any atom is -0.494 e. The summed E-state index contributed by atoms with van der Waals surface area (Å²) in [6, 6.07) is 17.7. The van der Waals surface area contributed by atoms with Crippen molar-refractivity contribution in [3.8, 4) is 28.5 Å². The van der Waals surface area contributed by atoms with Gasteiger partial charge < -0.3 is 24.3 Å². The zero-order chi connectivity index (χ0) is 24.3. The number of benzene rings is 2. The van der Waals surface area contributed by atoms with E-state index < -0.39 is 0 Å². The van der Waals surface area contributed by atoms with Crippen molar-refractivity contribution in [2.45, 2.75) is 19.4 Å². The first kappa shape index (κ1) is 22.6. The molecule has 2 aromatic heterocycles. The third-order valence-corrected chi connectivity index (χ3v) is 6.56. The Hall–Kier alpha value is -3.82. The number of fused-ring (bicyclic) bond motifs is 2. The van der Waals surface area contributed by atoms with Gasteiger partial charge in [-0.25, -0.2) is 4.52 Å². The smallest absolute Gasteiger partial charge is 0.247 e. The van der Waals surface area contributed by atoms with Crippen LogP contribution in [-0.2, 0) is 11.3 Å². The molecule has 0 unspecified atom stereocenters. The van der Waals surface area contributed by atoms with Crippen LogP contribution >= 0.6 is 0 Å². The van der Waals surface area contributed by atoms with Crippen LogP contribution in [0.2, 0.25) is 0 Å². The maximum atomic E-state index is 5.91. The van der Waals surface area contributed by atoms with Gasteiger partial charge in [0.15, 0.2) is 12.4 Å². The monoisotopic (exact) mass is 487 g/mol. The number of hydrogen-bond acceptors (Lipinski definition) is 8. The van der Waals surface area contributed by atoms with Gasteiger partial charge in [0.2, 0.25) is 5.95 Å². The predicted octanol–water partition coefficient (Wildman–Crippen LogP) is 4.49. The van der Waals surface area contributed by atoms with Crippen molar-refractivity contribution in [1.29, 1.82) is 0 Å². The van der Waals surface area contributed by atoms with Crippen LogP contribution < -0.4 is 19.5 Å². The van der Waals surface area contributed by atoms with Crippen molar-refractivity contribution in [2.24, 2.45) is 0 Å². The first-order valence-electron chi connectivity index (χ1n) is 12.3. The Morgan fingerprint density at radius 1 is 1.03 bits per heavy atom. The number of anilines is 2. The molecular weight excluding hydrogens is 458 g/mol. The van der Waals surface area contributed by atoms with Crippen molar-refractivity contribution in [3.63, 3.8) is 0 Å². The van der Waals surface area contributed by atoms with E-state index in [0.717, 1.165) is 40.6 Å². The predicted molar refractivity (Wildman–Crippen MR) is 136 cm³/mol. The lowest BCUT2D eigenvalue weighted by Crippen LogP contribution is -2.25. The minimum atomic E-state index is 0.273. The summed E-state index contributed by atoms with van der Waals surface area (Å²) in [5, 5.41) is 8.04. The minimum absolute atomic E-state index is 0.273. The Bertz CT molecular complexity index is 1350. The van der Waals surface area contributed by atoms with E-state index in [0.29, 0.717) is 30.6 Å². The summed E-state index contributed by atoms with van der Waals surface area (Å²) in [4.78, 5) is 7.12. The number of likely N-dealkylation sites (tertiary alicyclic amines) is 1. The van der Waals surface area contributed by atoms with Crippen LogP contribution in [0.3, 0.4) is 0 Å². The lowest BCUT2D eigenvalue weighted by Gasteiger charge is -2.19. The average Bonchev–Trinajstić information content (AvgIpc) is 3.58. The zero-order valence-electron chi connectivity index (χ0n) is 20.3. The largest absolute Gasteiger partial charge is 0.494 e. The maximum Gasteiger partial charge on any atom is 0.247 e. The molecule has 6 rings (SSSR count). The molecule has 0 amide bonds. The van der Waals surface area contributed by atoms with Crippen LogP contribution in [0.4, 0.5) is 11.6 Å². The summed E-state index contributed by atoms with van der Waals surface area (Å²) in [5.74, 6) is 2.89. The van der Waals surface area contributed by atoms with Crippen LogP contribution in [-0.4, -0.2) is 59.6 Å². The van der Waals surface area contributed by atoms with Gasteiger partial charge in [-0.3, -0.25) is 4.90 Å². The fraction of sp³-hybridized carbons (Fsp3) is 0.333. The molecule has 0 radical (unpaired) electrons. The second-order valence-electron chi connectivity index (χ2n) is 8.94. The third-order valence-electron chi connectivity index (χ3n) is 6.56. The Morgan fingerprint density at radius 2 is 1.89 bits per heavy atom. The van der Waals surface area contributed by atoms with Gasteiger partial charge in [0, 0.05) is 23.4 Å². The van der Waals surface area contributed by atoms with Crippen molar-refractivity contribution in [2.75, 3.05) is 45.5 Å². The van der Waals surface area contributed by atoms with E-state index >= 15 is 0 Å². The average molecular weight is 488 g/mol. The first-order valence-corrected chi connectivity index (χ1v) is 12.3. The Kier molecular flexibility index (Phi) is 6.31. The fourth-order valence-corrected chi connectivity index (χ4v) is 4.71. The van der Waals surface area contributed by atoms with E-state index in [1.807, 2.05) is 54.6 Å². The summed E-state index contributed by atoms with van der Waals surface area (Å²) in [5.41, 5.74) is 4.33.